The molecule has 0 spiro atoms. The van der Waals surface area contributed by atoms with Crippen molar-refractivity contribution in [3.63, 3.8) is 0 Å². The number of halogens is 2. The van der Waals surface area contributed by atoms with Gasteiger partial charge in [-0.15, -0.1) is 22.7 Å². The molecule has 3 rings (SSSR count). The first-order valence-electron chi connectivity index (χ1n) is 16.1. The molecule has 2 aromatic rings. The highest BCUT2D eigenvalue weighted by molar-refractivity contribution is 9.12. The minimum atomic E-state index is 0.0594. The summed E-state index contributed by atoms with van der Waals surface area (Å²) in [5.74, 6) is 1.28. The van der Waals surface area contributed by atoms with Crippen LogP contribution in [0, 0.1) is 11.8 Å². The third-order valence-electron chi connectivity index (χ3n) is 8.60. The highest BCUT2D eigenvalue weighted by atomic mass is 79.9. The fourth-order valence-corrected chi connectivity index (χ4v) is 10.9. The molecule has 0 aliphatic heterocycles. The van der Waals surface area contributed by atoms with Crippen molar-refractivity contribution < 1.29 is 9.59 Å². The Morgan fingerprint density at radius 1 is 0.500 bits per heavy atom. The minimum Gasteiger partial charge on any atom is -0.288 e. The number of unbranched alkanes of at least 4 members (excludes halogenated alkanes) is 8. The fourth-order valence-electron chi connectivity index (χ4n) is 6.26. The van der Waals surface area contributed by atoms with Crippen molar-refractivity contribution in [1.82, 2.24) is 0 Å². The zero-order valence-corrected chi connectivity index (χ0v) is 30.1. The summed E-state index contributed by atoms with van der Waals surface area (Å²) in [6.07, 6.45) is 21.8. The molecule has 2 heterocycles. The van der Waals surface area contributed by atoms with Gasteiger partial charge in [-0.05, 0) is 56.5 Å². The number of thiophene rings is 2. The highest BCUT2D eigenvalue weighted by Gasteiger charge is 2.40. The van der Waals surface area contributed by atoms with Crippen molar-refractivity contribution in [2.24, 2.45) is 11.8 Å². The van der Waals surface area contributed by atoms with Crippen LogP contribution in [0.3, 0.4) is 0 Å². The summed E-state index contributed by atoms with van der Waals surface area (Å²) in [7, 11) is 0. The van der Waals surface area contributed by atoms with Crippen LogP contribution in [-0.4, -0.2) is 11.6 Å². The molecule has 0 bridgehead atoms. The van der Waals surface area contributed by atoms with E-state index in [0.29, 0.717) is 23.0 Å². The van der Waals surface area contributed by atoms with Crippen molar-refractivity contribution >= 4 is 66.1 Å². The van der Waals surface area contributed by atoms with Crippen molar-refractivity contribution in [2.75, 3.05) is 0 Å². The monoisotopic (exact) mass is 712 g/mol. The molecule has 0 radical (unpaired) electrons. The predicted molar refractivity (Wildman–Crippen MR) is 182 cm³/mol. The van der Waals surface area contributed by atoms with Crippen LogP contribution in [0.5, 0.6) is 0 Å². The predicted octanol–water partition coefficient (Wildman–Crippen LogP) is 12.7. The second kappa shape index (κ2) is 17.7. The molecular formula is C34H50Br2O2S2. The standard InChI is InChI=1S/C34H50Br2O2S2/c1-5-9-13-15-19-23(17-11-7-3)21-25-27-28(32(38)30-29(31(27)37)33(35)40-34(30)36)26(39-25)22-24(18-12-8-4)20-16-14-10-6-2/h23-24H,5-22H2,1-4H3. The third-order valence-corrected chi connectivity index (χ3v) is 12.4. The molecule has 2 atom stereocenters. The maximum atomic E-state index is 14.1. The summed E-state index contributed by atoms with van der Waals surface area (Å²) in [4.78, 5) is 30.6. The second-order valence-electron chi connectivity index (χ2n) is 11.9. The summed E-state index contributed by atoms with van der Waals surface area (Å²) < 4.78 is 1.55. The molecule has 2 aromatic heterocycles. The van der Waals surface area contributed by atoms with E-state index in [1.807, 2.05) is 11.3 Å². The van der Waals surface area contributed by atoms with E-state index in [9.17, 15) is 9.59 Å². The van der Waals surface area contributed by atoms with E-state index in [0.717, 1.165) is 31.5 Å². The van der Waals surface area contributed by atoms with Gasteiger partial charge in [-0.2, -0.15) is 0 Å². The van der Waals surface area contributed by atoms with E-state index in [2.05, 4.69) is 59.6 Å². The summed E-state index contributed by atoms with van der Waals surface area (Å²) in [5.41, 5.74) is 2.66. The molecule has 0 N–H and O–H groups in total. The molecule has 2 nitrogen and oxygen atoms in total. The number of ketones is 2. The molecule has 0 aromatic carbocycles. The van der Waals surface area contributed by atoms with Crippen LogP contribution >= 0.6 is 54.5 Å². The lowest BCUT2D eigenvalue weighted by Crippen LogP contribution is -2.21. The number of hydrogen-bond acceptors (Lipinski definition) is 4. The van der Waals surface area contributed by atoms with E-state index >= 15 is 0 Å². The number of carbonyl (C=O) groups excluding carboxylic acids is 2. The molecule has 0 saturated heterocycles. The van der Waals surface area contributed by atoms with Crippen LogP contribution in [0.25, 0.3) is 0 Å². The largest absolute Gasteiger partial charge is 0.288 e. The molecule has 1 aliphatic carbocycles. The summed E-state index contributed by atoms with van der Waals surface area (Å²) >= 11 is 10.5. The maximum Gasteiger partial charge on any atom is 0.197 e. The van der Waals surface area contributed by atoms with Crippen LogP contribution in [0.15, 0.2) is 7.57 Å². The Kier molecular flexibility index (Phi) is 15.2. The van der Waals surface area contributed by atoms with Crippen LogP contribution in [-0.2, 0) is 12.8 Å². The van der Waals surface area contributed by atoms with E-state index in [1.165, 1.54) is 124 Å². The van der Waals surface area contributed by atoms with Crippen molar-refractivity contribution in [3.05, 3.63) is 39.6 Å². The Morgan fingerprint density at radius 2 is 0.875 bits per heavy atom. The topological polar surface area (TPSA) is 34.1 Å². The summed E-state index contributed by atoms with van der Waals surface area (Å²) in [6, 6.07) is 0. The van der Waals surface area contributed by atoms with Gasteiger partial charge >= 0.3 is 0 Å². The van der Waals surface area contributed by atoms with Gasteiger partial charge < -0.3 is 0 Å². The lowest BCUT2D eigenvalue weighted by molar-refractivity contribution is 0.0978. The molecule has 6 heteroatoms. The Morgan fingerprint density at radius 3 is 1.25 bits per heavy atom. The summed E-state index contributed by atoms with van der Waals surface area (Å²) in [6.45, 7) is 9.07. The van der Waals surface area contributed by atoms with Gasteiger partial charge in [-0.3, -0.25) is 9.59 Å². The normalized spacial score (nSPS) is 14.4. The van der Waals surface area contributed by atoms with E-state index in [-0.39, 0.29) is 11.6 Å². The minimum absolute atomic E-state index is 0.0594. The lowest BCUT2D eigenvalue weighted by atomic mass is 9.82. The highest BCUT2D eigenvalue weighted by Crippen LogP contribution is 2.47. The SMILES string of the molecule is CCCCCCC(CCCC)Cc1sc(CC(CCCC)CCCCCC)c2c1C(=O)c1c(Br)sc(Br)c1C2=O. The molecule has 0 fully saturated rings. The van der Waals surface area contributed by atoms with Gasteiger partial charge in [-0.25, -0.2) is 0 Å². The lowest BCUT2D eigenvalue weighted by Gasteiger charge is -2.19. The van der Waals surface area contributed by atoms with Gasteiger partial charge in [0.1, 0.15) is 0 Å². The Balaban J connectivity index is 1.98. The van der Waals surface area contributed by atoms with Gasteiger partial charge in [0.2, 0.25) is 0 Å². The average molecular weight is 715 g/mol. The molecule has 224 valence electrons. The van der Waals surface area contributed by atoms with Crippen molar-refractivity contribution in [2.45, 2.75) is 143 Å². The second-order valence-corrected chi connectivity index (χ2v) is 16.7. The number of carbonyl (C=O) groups is 2. The van der Waals surface area contributed by atoms with Crippen LogP contribution < -0.4 is 0 Å². The van der Waals surface area contributed by atoms with E-state index < -0.39 is 0 Å². The fraction of sp³-hybridized carbons (Fsp3) is 0.706. The number of hydrogen-bond donors (Lipinski definition) is 0. The first-order valence-corrected chi connectivity index (χ1v) is 19.3. The molecule has 40 heavy (non-hydrogen) atoms. The smallest absolute Gasteiger partial charge is 0.197 e. The molecular weight excluding hydrogens is 664 g/mol. The molecule has 2 unspecified atom stereocenters. The quantitative estimate of drug-likeness (QED) is 0.109. The average Bonchev–Trinajstić information content (AvgIpc) is 3.45. The Labute approximate surface area is 268 Å². The van der Waals surface area contributed by atoms with E-state index in [1.54, 1.807) is 0 Å². The molecule has 0 amide bonds. The van der Waals surface area contributed by atoms with Crippen LogP contribution in [0.4, 0.5) is 0 Å². The van der Waals surface area contributed by atoms with Crippen LogP contribution in [0.2, 0.25) is 0 Å². The van der Waals surface area contributed by atoms with Gasteiger partial charge in [0.25, 0.3) is 0 Å². The zero-order valence-electron chi connectivity index (χ0n) is 25.3. The first kappa shape index (κ1) is 34.2. The first-order chi connectivity index (χ1) is 19.4. The van der Waals surface area contributed by atoms with Gasteiger partial charge in [0.15, 0.2) is 11.6 Å². The molecule has 0 saturated carbocycles. The zero-order chi connectivity index (χ0) is 29.1. The van der Waals surface area contributed by atoms with Gasteiger partial charge in [0.05, 0.1) is 18.7 Å². The van der Waals surface area contributed by atoms with E-state index in [4.69, 9.17) is 0 Å². The van der Waals surface area contributed by atoms with Crippen molar-refractivity contribution in [1.29, 1.82) is 0 Å². The maximum absolute atomic E-state index is 14.1. The van der Waals surface area contributed by atoms with Gasteiger partial charge in [-0.1, -0.05) is 130 Å². The van der Waals surface area contributed by atoms with Gasteiger partial charge in [0, 0.05) is 20.9 Å². The molecule has 1 aliphatic rings. The number of rotatable bonds is 20. The Hall–Kier alpha value is -0.300. The summed E-state index contributed by atoms with van der Waals surface area (Å²) in [5, 5.41) is 0. The number of fused-ring (bicyclic) bond motifs is 2. The van der Waals surface area contributed by atoms with Crippen LogP contribution in [0.1, 0.15) is 172 Å². The Bertz CT molecular complexity index is 1020. The third kappa shape index (κ3) is 8.86. The van der Waals surface area contributed by atoms with Crippen molar-refractivity contribution in [3.8, 4) is 0 Å².